The molecule has 0 spiro atoms. The van der Waals surface area contributed by atoms with Gasteiger partial charge in [-0.15, -0.1) is 0 Å². The lowest BCUT2D eigenvalue weighted by Crippen LogP contribution is -2.09. The first kappa shape index (κ1) is 28.2. The molecule has 47 heavy (non-hydrogen) atoms. The fourth-order valence-corrected chi connectivity index (χ4v) is 6.49. The molecule has 0 aliphatic rings. The van der Waals surface area contributed by atoms with Crippen molar-refractivity contribution >= 4 is 55.9 Å². The predicted molar refractivity (Wildman–Crippen MR) is 197 cm³/mol. The predicted octanol–water partition coefficient (Wildman–Crippen LogP) is 11.7. The van der Waals surface area contributed by atoms with Crippen LogP contribution >= 0.6 is 0 Å². The molecule has 0 radical (unpaired) electrons. The summed E-state index contributed by atoms with van der Waals surface area (Å²) in [4.78, 5) is 4.64. The molecule has 0 atom stereocenters. The maximum absolute atomic E-state index is 5.49. The Balaban J connectivity index is 1.39. The molecule has 0 fully saturated rings. The summed E-state index contributed by atoms with van der Waals surface area (Å²) >= 11 is 0. The van der Waals surface area contributed by atoms with Crippen molar-refractivity contribution in [3.05, 3.63) is 182 Å². The van der Waals surface area contributed by atoms with Gasteiger partial charge in [-0.05, 0) is 109 Å². The smallest absolute Gasteiger partial charge is 0.119 e. The number of fused-ring (bicyclic) bond motifs is 3. The Kier molecular flexibility index (Phi) is 7.37. The van der Waals surface area contributed by atoms with E-state index in [0.29, 0.717) is 0 Å². The van der Waals surface area contributed by atoms with Crippen LogP contribution in [0.1, 0.15) is 0 Å². The molecule has 226 valence electrons. The third kappa shape index (κ3) is 5.26. The average molecular weight is 608 g/mol. The van der Waals surface area contributed by atoms with E-state index in [9.17, 15) is 0 Å². The second kappa shape index (κ2) is 12.3. The summed E-state index contributed by atoms with van der Waals surface area (Å²) in [7, 11) is 1.70. The van der Waals surface area contributed by atoms with E-state index in [-0.39, 0.29) is 0 Å². The first-order chi connectivity index (χ1) is 23.3. The van der Waals surface area contributed by atoms with Gasteiger partial charge >= 0.3 is 0 Å². The first-order valence-corrected chi connectivity index (χ1v) is 15.8. The van der Waals surface area contributed by atoms with Crippen molar-refractivity contribution in [1.29, 1.82) is 0 Å². The van der Waals surface area contributed by atoms with Crippen molar-refractivity contribution in [2.75, 3.05) is 16.9 Å². The fourth-order valence-electron chi connectivity index (χ4n) is 6.49. The van der Waals surface area contributed by atoms with Gasteiger partial charge < -0.3 is 19.1 Å². The first-order valence-electron chi connectivity index (χ1n) is 15.8. The summed E-state index contributed by atoms with van der Waals surface area (Å²) in [6.07, 6.45) is 0. The Bertz CT molecular complexity index is 2050. The van der Waals surface area contributed by atoms with E-state index in [1.807, 2.05) is 12.1 Å². The molecule has 0 amide bonds. The summed E-state index contributed by atoms with van der Waals surface area (Å²) in [5, 5.41) is 2.35. The number of nitrogens with zero attached hydrogens (tertiary/aromatic N) is 3. The van der Waals surface area contributed by atoms with Crippen molar-refractivity contribution in [2.24, 2.45) is 0 Å². The Hall–Kier alpha value is -6.26. The van der Waals surface area contributed by atoms with Gasteiger partial charge in [0.2, 0.25) is 0 Å². The van der Waals surface area contributed by atoms with E-state index in [4.69, 9.17) is 4.74 Å². The highest BCUT2D eigenvalue weighted by Gasteiger charge is 2.19. The molecule has 0 aliphatic carbocycles. The third-order valence-corrected chi connectivity index (χ3v) is 8.64. The van der Waals surface area contributed by atoms with Crippen molar-refractivity contribution in [3.8, 4) is 11.4 Å². The van der Waals surface area contributed by atoms with E-state index >= 15 is 0 Å². The van der Waals surface area contributed by atoms with Crippen LogP contribution in [-0.2, 0) is 0 Å². The Morgan fingerprint density at radius 3 is 1.09 bits per heavy atom. The number of hydrogen-bond acceptors (Lipinski definition) is 3. The molecule has 0 N–H and O–H groups in total. The van der Waals surface area contributed by atoms with Crippen LogP contribution in [0.3, 0.4) is 0 Å². The molecule has 0 saturated heterocycles. The number of methoxy groups -OCH3 is 1. The molecule has 1 heterocycles. The van der Waals surface area contributed by atoms with Crippen LogP contribution in [0.2, 0.25) is 0 Å². The van der Waals surface area contributed by atoms with E-state index in [0.717, 1.165) is 56.6 Å². The van der Waals surface area contributed by atoms with Crippen molar-refractivity contribution < 1.29 is 4.74 Å². The van der Waals surface area contributed by atoms with Gasteiger partial charge in [0.15, 0.2) is 0 Å². The number of anilines is 6. The second-order valence-corrected chi connectivity index (χ2v) is 11.4. The van der Waals surface area contributed by atoms with Crippen molar-refractivity contribution in [1.82, 2.24) is 4.57 Å². The van der Waals surface area contributed by atoms with Crippen molar-refractivity contribution in [2.45, 2.75) is 0 Å². The lowest BCUT2D eigenvalue weighted by atomic mass is 10.1. The van der Waals surface area contributed by atoms with E-state index in [2.05, 4.69) is 184 Å². The average Bonchev–Trinajstić information content (AvgIpc) is 3.47. The van der Waals surface area contributed by atoms with Gasteiger partial charge in [-0.1, -0.05) is 72.8 Å². The number of aromatic nitrogens is 1. The van der Waals surface area contributed by atoms with Crippen LogP contribution in [0.5, 0.6) is 5.75 Å². The maximum Gasteiger partial charge on any atom is 0.119 e. The standard InChI is InChI=1S/C43H33N3O/c1-47-39-26-22-36(23-27-39)46-42-28-24-37(44(32-14-6-2-7-15-32)33-16-8-3-9-17-33)30-40(42)41-31-38(25-29-43(41)46)45(34-18-10-4-11-19-34)35-20-12-5-13-21-35/h2-31H,1H3. The van der Waals surface area contributed by atoms with E-state index < -0.39 is 0 Å². The molecular formula is C43H33N3O. The largest absolute Gasteiger partial charge is 0.497 e. The third-order valence-electron chi connectivity index (χ3n) is 8.64. The SMILES string of the molecule is COc1ccc(-n2c3ccc(N(c4ccccc4)c4ccccc4)cc3c3cc(N(c4ccccc4)c4ccccc4)ccc32)cc1. The lowest BCUT2D eigenvalue weighted by Gasteiger charge is -2.26. The maximum atomic E-state index is 5.49. The van der Waals surface area contributed by atoms with Gasteiger partial charge in [0.25, 0.3) is 0 Å². The fraction of sp³-hybridized carbons (Fsp3) is 0.0233. The highest BCUT2D eigenvalue weighted by molar-refractivity contribution is 6.12. The van der Waals surface area contributed by atoms with Gasteiger partial charge in [-0.25, -0.2) is 0 Å². The van der Waals surface area contributed by atoms with Crippen LogP contribution in [0.25, 0.3) is 27.5 Å². The molecular weight excluding hydrogens is 574 g/mol. The van der Waals surface area contributed by atoms with E-state index in [1.54, 1.807) is 7.11 Å². The highest BCUT2D eigenvalue weighted by atomic mass is 16.5. The summed E-state index contributed by atoms with van der Waals surface area (Å²) < 4.78 is 7.84. The van der Waals surface area contributed by atoms with Crippen molar-refractivity contribution in [3.63, 3.8) is 0 Å². The minimum atomic E-state index is 0.835. The normalized spacial score (nSPS) is 11.1. The van der Waals surface area contributed by atoms with Gasteiger partial charge in [0, 0.05) is 50.6 Å². The lowest BCUT2D eigenvalue weighted by molar-refractivity contribution is 0.415. The molecule has 8 aromatic rings. The zero-order chi connectivity index (χ0) is 31.6. The van der Waals surface area contributed by atoms with Gasteiger partial charge in [-0.2, -0.15) is 0 Å². The molecule has 7 aromatic carbocycles. The van der Waals surface area contributed by atoms with Crippen LogP contribution < -0.4 is 14.5 Å². The Morgan fingerprint density at radius 1 is 0.383 bits per heavy atom. The Labute approximate surface area is 274 Å². The van der Waals surface area contributed by atoms with E-state index in [1.165, 1.54) is 10.8 Å². The number of rotatable bonds is 8. The monoisotopic (exact) mass is 607 g/mol. The van der Waals surface area contributed by atoms with Crippen LogP contribution in [-0.4, -0.2) is 11.7 Å². The minimum absolute atomic E-state index is 0.835. The van der Waals surface area contributed by atoms with Gasteiger partial charge in [0.05, 0.1) is 18.1 Å². The van der Waals surface area contributed by atoms with Crippen LogP contribution in [0.4, 0.5) is 34.1 Å². The highest BCUT2D eigenvalue weighted by Crippen LogP contribution is 2.42. The Morgan fingerprint density at radius 2 is 0.745 bits per heavy atom. The molecule has 0 unspecified atom stereocenters. The minimum Gasteiger partial charge on any atom is -0.497 e. The zero-order valence-electron chi connectivity index (χ0n) is 26.1. The van der Waals surface area contributed by atoms with Gasteiger partial charge in [-0.3, -0.25) is 0 Å². The van der Waals surface area contributed by atoms with Gasteiger partial charge in [0.1, 0.15) is 5.75 Å². The quantitative estimate of drug-likeness (QED) is 0.171. The molecule has 4 heteroatoms. The molecule has 4 nitrogen and oxygen atoms in total. The second-order valence-electron chi connectivity index (χ2n) is 11.4. The number of ether oxygens (including phenoxy) is 1. The topological polar surface area (TPSA) is 20.6 Å². The molecule has 1 aromatic heterocycles. The number of hydrogen-bond donors (Lipinski definition) is 0. The summed E-state index contributed by atoms with van der Waals surface area (Å²) in [5.41, 5.74) is 9.98. The van der Waals surface area contributed by atoms with Crippen LogP contribution in [0, 0.1) is 0 Å². The number of benzene rings is 7. The summed E-state index contributed by atoms with van der Waals surface area (Å²) in [6.45, 7) is 0. The molecule has 0 aliphatic heterocycles. The molecule has 8 rings (SSSR count). The van der Waals surface area contributed by atoms with Crippen LogP contribution in [0.15, 0.2) is 182 Å². The summed E-state index contributed by atoms with van der Waals surface area (Å²) in [5.74, 6) is 0.835. The number of para-hydroxylation sites is 4. The zero-order valence-corrected chi connectivity index (χ0v) is 26.1. The molecule has 0 bridgehead atoms. The molecule has 0 saturated carbocycles. The summed E-state index contributed by atoms with van der Waals surface area (Å²) in [6, 6.07) is 64.2.